The molecule has 1 unspecified atom stereocenters. The minimum absolute atomic E-state index is 0.00193. The molecule has 1 aliphatic heterocycles. The number of pyridine rings is 1. The van der Waals surface area contributed by atoms with Crippen molar-refractivity contribution in [2.45, 2.75) is 26.3 Å². The van der Waals surface area contributed by atoms with Crippen molar-refractivity contribution in [3.8, 4) is 5.75 Å². The molecule has 4 aromatic rings. The average molecular weight is 468 g/mol. The third-order valence-electron chi connectivity index (χ3n) is 6.54. The lowest BCUT2D eigenvalue weighted by Crippen LogP contribution is -2.31. The zero-order valence-corrected chi connectivity index (χ0v) is 19.5. The van der Waals surface area contributed by atoms with Gasteiger partial charge in [0.25, 0.3) is 11.7 Å². The molecule has 0 bridgehead atoms. The number of imidazole rings is 1. The number of amides is 1. The van der Waals surface area contributed by atoms with Gasteiger partial charge >= 0.3 is 0 Å². The van der Waals surface area contributed by atoms with Crippen molar-refractivity contribution >= 4 is 23.1 Å². The number of aromatic hydroxyl groups is 1. The van der Waals surface area contributed by atoms with E-state index in [1.165, 1.54) is 17.0 Å². The van der Waals surface area contributed by atoms with Gasteiger partial charge in [-0.1, -0.05) is 48.5 Å². The van der Waals surface area contributed by atoms with Gasteiger partial charge in [0.1, 0.15) is 17.1 Å². The summed E-state index contributed by atoms with van der Waals surface area (Å²) >= 11 is 0. The summed E-state index contributed by atoms with van der Waals surface area (Å²) in [4.78, 5) is 32.6. The van der Waals surface area contributed by atoms with Gasteiger partial charge in [0.2, 0.25) is 0 Å². The van der Waals surface area contributed by atoms with Crippen molar-refractivity contribution in [1.29, 1.82) is 0 Å². The van der Waals surface area contributed by atoms with E-state index >= 15 is 0 Å². The maximum Gasteiger partial charge on any atom is 0.295 e. The van der Waals surface area contributed by atoms with Crippen molar-refractivity contribution < 1.29 is 19.8 Å². The fourth-order valence-electron chi connectivity index (χ4n) is 4.68. The number of phenolic OH excluding ortho intramolecular Hbond substituents is 1. The number of phenols is 1. The number of aliphatic hydroxyl groups excluding tert-OH is 1. The molecule has 1 amide bonds. The molecular formula is C28H25N3O4. The Morgan fingerprint density at radius 2 is 1.69 bits per heavy atom. The fraction of sp³-hybridized carbons (Fsp3) is 0.179. The maximum absolute atomic E-state index is 13.3. The Kier molecular flexibility index (Phi) is 5.61. The Morgan fingerprint density at radius 3 is 2.37 bits per heavy atom. The summed E-state index contributed by atoms with van der Waals surface area (Å²) in [6, 6.07) is 19.1. The normalized spacial score (nSPS) is 17.4. The van der Waals surface area contributed by atoms with Gasteiger partial charge in [-0.25, -0.2) is 4.98 Å². The number of nitrogens with zero attached hydrogens (tertiary/aromatic N) is 3. The smallest absolute Gasteiger partial charge is 0.295 e. The van der Waals surface area contributed by atoms with E-state index in [9.17, 15) is 19.8 Å². The number of fused-ring (bicyclic) bond motifs is 1. The number of carbonyl (C=O) groups excluding carboxylic acids is 2. The van der Waals surface area contributed by atoms with Crippen molar-refractivity contribution in [3.63, 3.8) is 0 Å². The molecule has 1 atom stereocenters. The summed E-state index contributed by atoms with van der Waals surface area (Å²) in [6.07, 6.45) is 2.40. The highest BCUT2D eigenvalue weighted by Crippen LogP contribution is 2.40. The van der Waals surface area contributed by atoms with Crippen LogP contribution in [0, 0.1) is 13.8 Å². The van der Waals surface area contributed by atoms with Gasteiger partial charge in [-0.05, 0) is 55.2 Å². The predicted molar refractivity (Wildman–Crippen MR) is 132 cm³/mol. The highest BCUT2D eigenvalue weighted by molar-refractivity contribution is 6.46. The third kappa shape index (κ3) is 3.85. The van der Waals surface area contributed by atoms with Crippen molar-refractivity contribution in [3.05, 3.63) is 107 Å². The van der Waals surface area contributed by atoms with Crippen LogP contribution >= 0.6 is 0 Å². The molecule has 0 spiro atoms. The largest absolute Gasteiger partial charge is 0.508 e. The van der Waals surface area contributed by atoms with Crippen LogP contribution < -0.4 is 0 Å². The Labute approximate surface area is 202 Å². The molecule has 7 nitrogen and oxygen atoms in total. The number of aryl methyl sites for hydroxylation is 2. The maximum atomic E-state index is 13.3. The molecule has 1 aliphatic rings. The van der Waals surface area contributed by atoms with E-state index in [4.69, 9.17) is 0 Å². The number of benzene rings is 2. The molecule has 5 rings (SSSR count). The lowest BCUT2D eigenvalue weighted by atomic mass is 9.96. The van der Waals surface area contributed by atoms with Crippen molar-refractivity contribution in [2.75, 3.05) is 6.54 Å². The van der Waals surface area contributed by atoms with Crippen LogP contribution in [0.25, 0.3) is 11.4 Å². The van der Waals surface area contributed by atoms with E-state index in [1.807, 2.05) is 66.9 Å². The predicted octanol–water partition coefficient (Wildman–Crippen LogP) is 4.32. The number of ketones is 1. The first-order valence-corrected chi connectivity index (χ1v) is 11.4. The zero-order valence-electron chi connectivity index (χ0n) is 19.5. The number of carbonyl (C=O) groups is 2. The highest BCUT2D eigenvalue weighted by atomic mass is 16.3. The summed E-state index contributed by atoms with van der Waals surface area (Å²) in [6.45, 7) is 4.03. The second kappa shape index (κ2) is 8.76. The number of hydrogen-bond donors (Lipinski definition) is 2. The first-order chi connectivity index (χ1) is 16.9. The van der Waals surface area contributed by atoms with E-state index in [1.54, 1.807) is 12.1 Å². The molecule has 2 N–H and O–H groups in total. The number of Topliss-reactive ketones (excluding diaryl/α,β-unsaturated/α-hetero) is 1. The van der Waals surface area contributed by atoms with Gasteiger partial charge in [0.05, 0.1) is 17.3 Å². The van der Waals surface area contributed by atoms with Crippen LogP contribution in [0.5, 0.6) is 5.75 Å². The topological polar surface area (TPSA) is 95.1 Å². The first-order valence-electron chi connectivity index (χ1n) is 11.4. The third-order valence-corrected chi connectivity index (χ3v) is 6.54. The molecule has 0 aliphatic carbocycles. The molecule has 0 radical (unpaired) electrons. The molecule has 35 heavy (non-hydrogen) atoms. The summed E-state index contributed by atoms with van der Waals surface area (Å²) in [5.41, 5.74) is 4.18. The standard InChI is InChI=1S/C28H25N3O4/c1-17-7-6-15-30-18(2)23(29-27(17)30)25(33)22-24(20-10-12-21(32)13-11-20)31(28(35)26(22)34)16-14-19-8-4-3-5-9-19/h3-13,15,24,32-33H,14,16H2,1-2H3. The number of likely N-dealkylation sites (tertiary alicyclic amines) is 1. The van der Waals surface area contributed by atoms with Gasteiger partial charge in [-0.15, -0.1) is 0 Å². The van der Waals surface area contributed by atoms with Crippen LogP contribution in [0.4, 0.5) is 0 Å². The van der Waals surface area contributed by atoms with E-state index in [0.717, 1.165) is 11.1 Å². The van der Waals surface area contributed by atoms with E-state index in [2.05, 4.69) is 4.98 Å². The Hall–Kier alpha value is -4.39. The van der Waals surface area contributed by atoms with Crippen LogP contribution in [0.15, 0.2) is 78.5 Å². The molecule has 2 aromatic carbocycles. The van der Waals surface area contributed by atoms with Gasteiger partial charge in [-0.2, -0.15) is 0 Å². The highest BCUT2D eigenvalue weighted by Gasteiger charge is 2.46. The number of hydrogen-bond acceptors (Lipinski definition) is 5. The summed E-state index contributed by atoms with van der Waals surface area (Å²) < 4.78 is 1.85. The Bertz CT molecular complexity index is 1470. The minimum Gasteiger partial charge on any atom is -0.508 e. The van der Waals surface area contributed by atoms with E-state index in [-0.39, 0.29) is 22.8 Å². The van der Waals surface area contributed by atoms with Crippen LogP contribution in [0.2, 0.25) is 0 Å². The van der Waals surface area contributed by atoms with Crippen LogP contribution in [-0.4, -0.2) is 42.7 Å². The molecule has 1 saturated heterocycles. The zero-order chi connectivity index (χ0) is 24.7. The monoisotopic (exact) mass is 467 g/mol. The van der Waals surface area contributed by atoms with Crippen LogP contribution in [0.1, 0.15) is 34.1 Å². The number of aliphatic hydroxyl groups is 1. The Morgan fingerprint density at radius 1 is 0.971 bits per heavy atom. The number of aromatic nitrogens is 2. The van der Waals surface area contributed by atoms with Crippen LogP contribution in [-0.2, 0) is 16.0 Å². The Balaban J connectivity index is 1.64. The molecule has 7 heteroatoms. The summed E-state index contributed by atoms with van der Waals surface area (Å²) in [5, 5.41) is 21.2. The minimum atomic E-state index is -0.801. The second-order valence-corrected chi connectivity index (χ2v) is 8.75. The van der Waals surface area contributed by atoms with Gasteiger partial charge < -0.3 is 19.5 Å². The molecule has 176 valence electrons. The van der Waals surface area contributed by atoms with E-state index < -0.39 is 17.7 Å². The molecule has 1 fully saturated rings. The fourth-order valence-corrected chi connectivity index (χ4v) is 4.68. The molecule has 3 heterocycles. The van der Waals surface area contributed by atoms with Crippen molar-refractivity contribution in [1.82, 2.24) is 14.3 Å². The number of rotatable bonds is 5. The van der Waals surface area contributed by atoms with E-state index in [0.29, 0.717) is 29.9 Å². The molecule has 2 aromatic heterocycles. The lowest BCUT2D eigenvalue weighted by molar-refractivity contribution is -0.139. The summed E-state index contributed by atoms with van der Waals surface area (Å²) in [7, 11) is 0. The molecule has 0 saturated carbocycles. The lowest BCUT2D eigenvalue weighted by Gasteiger charge is -2.25. The quantitative estimate of drug-likeness (QED) is 0.259. The summed E-state index contributed by atoms with van der Waals surface area (Å²) in [5.74, 6) is -1.65. The van der Waals surface area contributed by atoms with Gasteiger partial charge in [0.15, 0.2) is 5.76 Å². The van der Waals surface area contributed by atoms with Crippen LogP contribution in [0.3, 0.4) is 0 Å². The molecular weight excluding hydrogens is 442 g/mol. The second-order valence-electron chi connectivity index (χ2n) is 8.75. The first kappa shape index (κ1) is 22.4. The SMILES string of the molecule is Cc1cccn2c(C)c(C(O)=C3C(=O)C(=O)N(CCc4ccccc4)C3c3ccc(O)cc3)nc12. The van der Waals surface area contributed by atoms with Gasteiger partial charge in [-0.3, -0.25) is 9.59 Å². The van der Waals surface area contributed by atoms with Gasteiger partial charge in [0, 0.05) is 12.7 Å². The average Bonchev–Trinajstić information content (AvgIpc) is 3.33. The van der Waals surface area contributed by atoms with Crippen molar-refractivity contribution in [2.24, 2.45) is 0 Å².